The van der Waals surface area contributed by atoms with E-state index in [0.717, 1.165) is 95.7 Å². The molecule has 10 bridgehead atoms. The van der Waals surface area contributed by atoms with Crippen LogP contribution in [0.2, 0.25) is 0 Å². The van der Waals surface area contributed by atoms with Crippen LogP contribution in [0.3, 0.4) is 0 Å². The number of fused-ring (bicyclic) bond motifs is 10. The highest BCUT2D eigenvalue weighted by Crippen LogP contribution is 2.48. The first-order valence-electron chi connectivity index (χ1n) is 33.4. The molecule has 18 heteroatoms. The summed E-state index contributed by atoms with van der Waals surface area (Å²) in [5, 5.41) is 0. The van der Waals surface area contributed by atoms with Crippen LogP contribution in [0.4, 0.5) is 4.39 Å². The van der Waals surface area contributed by atoms with Gasteiger partial charge in [0.15, 0.2) is 0 Å². The van der Waals surface area contributed by atoms with Crippen LogP contribution < -0.4 is 0 Å². The summed E-state index contributed by atoms with van der Waals surface area (Å²) in [5.74, 6) is -1.56. The number of likely N-dealkylation sites (N-methyl/N-ethyl adjacent to an activating group) is 1. The molecule has 0 spiro atoms. The van der Waals surface area contributed by atoms with Crippen LogP contribution in [0, 0.1) is 43.4 Å². The summed E-state index contributed by atoms with van der Waals surface area (Å²) in [5.41, 5.74) is 7.16. The van der Waals surface area contributed by atoms with Gasteiger partial charge in [0, 0.05) is 92.3 Å². The molecule has 0 radical (unpaired) electrons. The Bertz CT molecular complexity index is 3020. The summed E-state index contributed by atoms with van der Waals surface area (Å²) in [6.45, 7) is 5.44. The van der Waals surface area contributed by atoms with Gasteiger partial charge in [-0.2, -0.15) is 0 Å². The molecule has 0 N–H and O–H groups in total. The van der Waals surface area contributed by atoms with Crippen molar-refractivity contribution in [2.45, 2.75) is 196 Å². The number of ketones is 2. The van der Waals surface area contributed by atoms with Gasteiger partial charge < -0.3 is 23.7 Å². The summed E-state index contributed by atoms with van der Waals surface area (Å²) < 4.78 is 37.1. The van der Waals surface area contributed by atoms with Crippen LogP contribution in [0.1, 0.15) is 136 Å². The van der Waals surface area contributed by atoms with Gasteiger partial charge in [0.25, 0.3) is 0 Å². The van der Waals surface area contributed by atoms with Crippen molar-refractivity contribution in [1.82, 2.24) is 24.5 Å². The Labute approximate surface area is 539 Å². The summed E-state index contributed by atoms with van der Waals surface area (Å²) in [7, 11) is 13.4. The van der Waals surface area contributed by atoms with Crippen LogP contribution >= 0.6 is 0 Å². The summed E-state index contributed by atoms with van der Waals surface area (Å²) in [4.78, 5) is 94.9. The number of nitrogens with zero attached hydrogens (tertiary/aromatic N) is 5. The van der Waals surface area contributed by atoms with E-state index >= 15 is 0 Å². The largest absolute Gasteiger partial charge is 0.469 e. The number of carbonyl (C=O) groups is 7. The third-order valence-corrected chi connectivity index (χ3v) is 22.3. The number of hydrogen-bond donors (Lipinski definition) is 0. The van der Waals surface area contributed by atoms with E-state index in [1.54, 1.807) is 0 Å². The quantitative estimate of drug-likeness (QED) is 0.0896. The van der Waals surface area contributed by atoms with Crippen molar-refractivity contribution >= 4 is 41.4 Å². The lowest BCUT2D eigenvalue weighted by molar-refractivity contribution is -0.156. The van der Waals surface area contributed by atoms with Gasteiger partial charge >= 0.3 is 29.8 Å². The number of piperidine rings is 4. The Hall–Kier alpha value is -6.18. The molecule has 496 valence electrons. The minimum absolute atomic E-state index is 0.00825. The zero-order valence-electron chi connectivity index (χ0n) is 55.5. The van der Waals surface area contributed by atoms with Crippen molar-refractivity contribution in [3.8, 4) is 0 Å². The second-order valence-corrected chi connectivity index (χ2v) is 27.1. The van der Waals surface area contributed by atoms with E-state index in [1.807, 2.05) is 31.3 Å². The van der Waals surface area contributed by atoms with Crippen molar-refractivity contribution in [2.24, 2.45) is 29.6 Å². The van der Waals surface area contributed by atoms with Crippen LogP contribution in [0.25, 0.3) is 0 Å². The number of alkyl halides is 1. The van der Waals surface area contributed by atoms with Gasteiger partial charge in [0.05, 0.1) is 59.6 Å². The fraction of sp³-hybridized carbons (Fsp3) is 0.630. The normalized spacial score (nSPS) is 32.0. The molecule has 9 fully saturated rings. The molecule has 0 aromatic heterocycles. The molecule has 16 atom stereocenters. The Morgan fingerprint density at radius 3 is 1.68 bits per heavy atom. The lowest BCUT2D eigenvalue weighted by Crippen LogP contribution is -2.51. The molecule has 10 aliphatic rings. The zero-order valence-corrected chi connectivity index (χ0v) is 55.5. The van der Waals surface area contributed by atoms with Crippen molar-refractivity contribution in [3.63, 3.8) is 0 Å². The lowest BCUT2D eigenvalue weighted by Gasteiger charge is -2.43. The number of rotatable bonds is 13. The van der Waals surface area contributed by atoms with Gasteiger partial charge in [-0.15, -0.1) is 0 Å². The van der Waals surface area contributed by atoms with Crippen molar-refractivity contribution in [3.05, 3.63) is 118 Å². The molecule has 0 amide bonds. The standard InChI is InChI=1S/C19H26FNO2.C18H25NO2.C16H19NO3.C10H15NO3.C10H15NO2/c1-13-4-6-14(7-5-13)16-12-15-8-9-17(18(16)19(22)23-2)21(15)11-3-10-20;1-12-4-6-13(7-5-12)10-14-11-15-8-9-16(19(15)2)17(14)18(20)21-3;1-20-16(19)15-13-8-7-12(9-14(15)18)17(13)10-11-5-3-2-4-6-11;1-11-6-3-4-7(11)9(8(12)5-6)10(13)14-2;1-11-7-3-5-8(10(12)13-2)9(11)6-4-7/h4-7,15-18H,3,8-12H2,1-2H3;4-7,14-17H,8-11H2,1-3H3;2-6,12-13,15H,7-10H2,1H3;6-7,9H,3-5H2,1-2H3;5,7,9H,3-4,6H2,1-2H3. The molecule has 91 heavy (non-hydrogen) atoms. The monoisotopic (exact) mass is 1260 g/mol. The highest BCUT2D eigenvalue weighted by atomic mass is 19.1. The Balaban J connectivity index is 0.000000137. The number of benzene rings is 3. The smallest absolute Gasteiger partial charge is 0.335 e. The average molecular weight is 1260 g/mol. The minimum Gasteiger partial charge on any atom is -0.469 e. The molecular formula is C73H100FN5O12. The molecule has 10 heterocycles. The predicted octanol–water partition coefficient (Wildman–Crippen LogP) is 9.22. The molecule has 13 rings (SSSR count). The number of Topliss-reactive ketones (excluding diaryl/α,β-unsaturated/α-hetero) is 2. The van der Waals surface area contributed by atoms with E-state index in [4.69, 9.17) is 18.9 Å². The third kappa shape index (κ3) is 15.6. The molecule has 3 aromatic carbocycles. The van der Waals surface area contributed by atoms with Gasteiger partial charge in [-0.1, -0.05) is 96.1 Å². The van der Waals surface area contributed by atoms with Crippen molar-refractivity contribution < 1.29 is 61.6 Å². The predicted molar refractivity (Wildman–Crippen MR) is 344 cm³/mol. The SMILES string of the molecule is COC(=O)C1=CCC2CCC1N2C.COC(=O)C1C(=O)CC2CCC1N2C.COC(=O)C1C(=O)CC2CCC1N2Cc1ccccc1.COC(=O)C1C(Cc2ccc(C)cc2)CC2CCC1N2C.COC(=O)C1C(c2ccc(C)cc2)CC2CCC1N2CCCF. The second kappa shape index (κ2) is 31.6. The minimum atomic E-state index is -0.595. The molecule has 3 aromatic rings. The molecule has 17 nitrogen and oxygen atoms in total. The van der Waals surface area contributed by atoms with Gasteiger partial charge in [-0.25, -0.2) is 4.79 Å². The van der Waals surface area contributed by atoms with E-state index in [-0.39, 0.29) is 90.0 Å². The number of carbonyl (C=O) groups excluding carboxylic acids is 7. The third-order valence-electron chi connectivity index (χ3n) is 22.3. The highest BCUT2D eigenvalue weighted by molar-refractivity contribution is 6.01. The Morgan fingerprint density at radius 2 is 1.04 bits per heavy atom. The number of ether oxygens (including phenoxy) is 5. The maximum absolute atomic E-state index is 12.6. The van der Waals surface area contributed by atoms with Crippen molar-refractivity contribution in [1.29, 1.82) is 0 Å². The van der Waals surface area contributed by atoms with Gasteiger partial charge in [-0.05, 0) is 154 Å². The Kier molecular flexibility index (Phi) is 24.0. The molecule has 0 saturated carbocycles. The fourth-order valence-electron chi connectivity index (χ4n) is 17.5. The Morgan fingerprint density at radius 1 is 0.505 bits per heavy atom. The molecule has 9 saturated heterocycles. The van der Waals surface area contributed by atoms with E-state index in [9.17, 15) is 38.0 Å². The highest BCUT2D eigenvalue weighted by Gasteiger charge is 2.53. The van der Waals surface area contributed by atoms with E-state index in [1.165, 1.54) is 76.2 Å². The maximum Gasteiger partial charge on any atom is 0.335 e. The van der Waals surface area contributed by atoms with Gasteiger partial charge in [0.1, 0.15) is 23.4 Å². The maximum atomic E-state index is 12.6. The molecule has 16 unspecified atom stereocenters. The number of halogens is 1. The van der Waals surface area contributed by atoms with E-state index < -0.39 is 11.8 Å². The lowest BCUT2D eigenvalue weighted by atomic mass is 9.76. The van der Waals surface area contributed by atoms with Crippen LogP contribution in [0.15, 0.2) is 90.5 Å². The fourth-order valence-corrected chi connectivity index (χ4v) is 17.5. The summed E-state index contributed by atoms with van der Waals surface area (Å²) in [6.07, 6.45) is 18.3. The van der Waals surface area contributed by atoms with Crippen LogP contribution in [-0.2, 0) is 70.2 Å². The first-order chi connectivity index (χ1) is 43.8. The molecule has 0 aliphatic carbocycles. The average Bonchev–Trinajstić information content (AvgIpc) is 1.75. The summed E-state index contributed by atoms with van der Waals surface area (Å²) in [6, 6.07) is 30.8. The molecule has 10 aliphatic heterocycles. The van der Waals surface area contributed by atoms with Gasteiger partial charge in [0.2, 0.25) is 0 Å². The van der Waals surface area contributed by atoms with Crippen molar-refractivity contribution in [2.75, 3.05) is 69.9 Å². The number of esters is 5. The number of aryl methyl sites for hydroxylation is 2. The number of hydrogen-bond acceptors (Lipinski definition) is 17. The topological polar surface area (TPSA) is 182 Å². The first-order valence-corrected chi connectivity index (χ1v) is 33.4. The van der Waals surface area contributed by atoms with Crippen LogP contribution in [-0.4, -0.2) is 196 Å². The van der Waals surface area contributed by atoms with Crippen LogP contribution in [0.5, 0.6) is 0 Å². The molecular weight excluding hydrogens is 1160 g/mol. The van der Waals surface area contributed by atoms with E-state index in [0.29, 0.717) is 61.4 Å². The van der Waals surface area contributed by atoms with E-state index in [2.05, 4.69) is 118 Å². The zero-order chi connectivity index (χ0) is 65.2. The van der Waals surface area contributed by atoms with Gasteiger partial charge in [-0.3, -0.25) is 57.7 Å². The summed E-state index contributed by atoms with van der Waals surface area (Å²) >= 11 is 0. The second-order valence-electron chi connectivity index (χ2n) is 27.1. The first kappa shape index (κ1) is 69.2. The number of methoxy groups -OCH3 is 5.